The van der Waals surface area contributed by atoms with Gasteiger partial charge >= 0.3 is 5.97 Å². The van der Waals surface area contributed by atoms with Crippen molar-refractivity contribution >= 4 is 38.7 Å². The van der Waals surface area contributed by atoms with E-state index in [-0.39, 0.29) is 11.7 Å². The zero-order valence-corrected chi connectivity index (χ0v) is 15.9. The standard InChI is InChI=1S/C17H11NOS2.C3H6O2/c19-13-7-5-11(6-8-13)14-10-20-17(18-14)16-9-12-3-1-2-4-15(12)21-16;1-3(4)5-2/h1-10,19H;1-2H3. The maximum atomic E-state index is 9.59. The van der Waals surface area contributed by atoms with Crippen molar-refractivity contribution in [3.05, 3.63) is 60.0 Å². The zero-order valence-electron chi connectivity index (χ0n) is 14.3. The fraction of sp³-hybridized carbons (Fsp3) is 0.100. The average Bonchev–Trinajstić information content (AvgIpc) is 3.29. The molecule has 0 atom stereocenters. The summed E-state index contributed by atoms with van der Waals surface area (Å²) in [6, 6.07) is 17.7. The molecule has 0 aliphatic carbocycles. The summed E-state index contributed by atoms with van der Waals surface area (Å²) in [6.45, 7) is 1.36. The van der Waals surface area contributed by atoms with Crippen LogP contribution in [0.5, 0.6) is 5.75 Å². The minimum absolute atomic E-state index is 0.245. The van der Waals surface area contributed by atoms with Crippen molar-refractivity contribution in [2.45, 2.75) is 6.92 Å². The number of hydrogen-bond donors (Lipinski definition) is 1. The predicted octanol–water partition coefficient (Wildman–Crippen LogP) is 5.58. The molecule has 0 spiro atoms. The number of methoxy groups -OCH3 is 1. The minimum Gasteiger partial charge on any atom is -0.508 e. The van der Waals surface area contributed by atoms with Gasteiger partial charge in [-0.25, -0.2) is 4.98 Å². The Hall–Kier alpha value is -2.70. The maximum absolute atomic E-state index is 9.59. The molecule has 6 heteroatoms. The number of phenolic OH excluding ortho intramolecular Hbond substituents is 1. The van der Waals surface area contributed by atoms with Crippen molar-refractivity contribution in [3.63, 3.8) is 0 Å². The van der Waals surface area contributed by atoms with Gasteiger partial charge in [0.2, 0.25) is 0 Å². The van der Waals surface area contributed by atoms with Gasteiger partial charge < -0.3 is 9.84 Å². The highest BCUT2D eigenvalue weighted by Gasteiger charge is 2.09. The van der Waals surface area contributed by atoms with E-state index in [1.807, 2.05) is 12.1 Å². The highest BCUT2D eigenvalue weighted by molar-refractivity contribution is 7.25. The summed E-state index contributed by atoms with van der Waals surface area (Å²) in [5, 5.41) is 13.7. The highest BCUT2D eigenvalue weighted by atomic mass is 32.1. The molecule has 0 bridgehead atoms. The highest BCUT2D eigenvalue weighted by Crippen LogP contribution is 2.36. The number of thiophene rings is 1. The van der Waals surface area contributed by atoms with Gasteiger partial charge in [0.25, 0.3) is 0 Å². The van der Waals surface area contributed by atoms with Crippen molar-refractivity contribution in [2.75, 3.05) is 7.11 Å². The van der Waals surface area contributed by atoms with Crippen LogP contribution in [0.4, 0.5) is 0 Å². The molecule has 0 aliphatic rings. The molecule has 0 saturated carbocycles. The molecule has 0 aliphatic heterocycles. The third-order valence-corrected chi connectivity index (χ3v) is 5.72. The molecule has 0 fully saturated rings. The van der Waals surface area contributed by atoms with Crippen molar-refractivity contribution in [2.24, 2.45) is 0 Å². The van der Waals surface area contributed by atoms with Crippen LogP contribution in [0.25, 0.3) is 31.2 Å². The number of fused-ring (bicyclic) bond motifs is 1. The van der Waals surface area contributed by atoms with Crippen LogP contribution in [-0.2, 0) is 9.53 Å². The number of rotatable bonds is 2. The Morgan fingerprint density at radius 3 is 2.46 bits per heavy atom. The molecule has 4 aromatic rings. The maximum Gasteiger partial charge on any atom is 0.302 e. The van der Waals surface area contributed by atoms with Gasteiger partial charge in [-0.15, -0.1) is 22.7 Å². The molecular weight excluding hydrogens is 366 g/mol. The van der Waals surface area contributed by atoms with E-state index in [9.17, 15) is 9.90 Å². The molecule has 26 heavy (non-hydrogen) atoms. The van der Waals surface area contributed by atoms with Crippen molar-refractivity contribution in [1.82, 2.24) is 4.98 Å². The van der Waals surface area contributed by atoms with Crippen LogP contribution in [0, 0.1) is 0 Å². The van der Waals surface area contributed by atoms with E-state index in [0.29, 0.717) is 0 Å². The Balaban J connectivity index is 0.000000349. The van der Waals surface area contributed by atoms with Gasteiger partial charge in [0.1, 0.15) is 10.8 Å². The number of nitrogens with zero attached hydrogens (tertiary/aromatic N) is 1. The van der Waals surface area contributed by atoms with Gasteiger partial charge in [-0.1, -0.05) is 18.2 Å². The Labute approximate surface area is 159 Å². The number of aromatic nitrogens is 1. The van der Waals surface area contributed by atoms with Gasteiger partial charge in [0.05, 0.1) is 17.7 Å². The van der Waals surface area contributed by atoms with Crippen LogP contribution in [0.15, 0.2) is 60.0 Å². The van der Waals surface area contributed by atoms with Gasteiger partial charge in [-0.05, 0) is 41.8 Å². The van der Waals surface area contributed by atoms with E-state index in [1.54, 1.807) is 34.8 Å². The van der Waals surface area contributed by atoms with E-state index >= 15 is 0 Å². The van der Waals surface area contributed by atoms with E-state index in [4.69, 9.17) is 4.98 Å². The topological polar surface area (TPSA) is 59.4 Å². The lowest BCUT2D eigenvalue weighted by molar-refractivity contribution is -0.137. The summed E-state index contributed by atoms with van der Waals surface area (Å²) in [6.07, 6.45) is 0. The molecule has 1 N–H and O–H groups in total. The molecule has 2 heterocycles. The van der Waals surface area contributed by atoms with Crippen LogP contribution in [0.3, 0.4) is 0 Å². The molecular formula is C20H17NO3S2. The first-order valence-electron chi connectivity index (χ1n) is 7.85. The number of hydrogen-bond acceptors (Lipinski definition) is 6. The summed E-state index contributed by atoms with van der Waals surface area (Å²) in [7, 11) is 1.35. The molecule has 4 nitrogen and oxygen atoms in total. The number of benzene rings is 2. The van der Waals surface area contributed by atoms with E-state index in [2.05, 4.69) is 40.4 Å². The van der Waals surface area contributed by atoms with Gasteiger partial charge in [0.15, 0.2) is 0 Å². The molecule has 0 radical (unpaired) electrons. The SMILES string of the molecule is COC(C)=O.Oc1ccc(-c2csc(-c3cc4ccccc4s3)n2)cc1. The number of carbonyl (C=O) groups is 1. The Morgan fingerprint density at radius 2 is 1.81 bits per heavy atom. The molecule has 2 aromatic carbocycles. The van der Waals surface area contributed by atoms with Crippen LogP contribution in [0.2, 0.25) is 0 Å². The molecule has 0 saturated heterocycles. The normalized spacial score (nSPS) is 10.2. The Kier molecular flexibility index (Phi) is 5.65. The summed E-state index contributed by atoms with van der Waals surface area (Å²) in [5.41, 5.74) is 1.98. The summed E-state index contributed by atoms with van der Waals surface area (Å²) in [5.74, 6) is 0.0312. The second-order valence-electron chi connectivity index (χ2n) is 5.43. The largest absolute Gasteiger partial charge is 0.508 e. The number of ether oxygens (including phenoxy) is 1. The zero-order chi connectivity index (χ0) is 18.5. The van der Waals surface area contributed by atoms with E-state index < -0.39 is 0 Å². The number of aromatic hydroxyl groups is 1. The van der Waals surface area contributed by atoms with E-state index in [1.165, 1.54) is 29.0 Å². The van der Waals surface area contributed by atoms with Crippen molar-refractivity contribution in [1.29, 1.82) is 0 Å². The third-order valence-electron chi connectivity index (χ3n) is 3.59. The van der Waals surface area contributed by atoms with Gasteiger partial charge in [0, 0.05) is 22.6 Å². The van der Waals surface area contributed by atoms with Crippen LogP contribution in [0.1, 0.15) is 6.92 Å². The van der Waals surface area contributed by atoms with Crippen LogP contribution >= 0.6 is 22.7 Å². The molecule has 2 aromatic heterocycles. The number of esters is 1. The number of carbonyl (C=O) groups excluding carboxylic acids is 1. The fourth-order valence-electron chi connectivity index (χ4n) is 2.24. The quantitative estimate of drug-likeness (QED) is 0.459. The van der Waals surface area contributed by atoms with E-state index in [0.717, 1.165) is 16.3 Å². The van der Waals surface area contributed by atoms with Crippen molar-refractivity contribution in [3.8, 4) is 26.9 Å². The molecule has 0 unspecified atom stereocenters. The lowest BCUT2D eigenvalue weighted by Gasteiger charge is -1.96. The molecule has 132 valence electrons. The summed E-state index contributed by atoms with van der Waals surface area (Å²) >= 11 is 3.42. The smallest absolute Gasteiger partial charge is 0.302 e. The number of thiazole rings is 1. The fourth-order valence-corrected chi connectivity index (χ4v) is 4.19. The summed E-state index contributed by atoms with van der Waals surface area (Å²) < 4.78 is 5.40. The third kappa shape index (κ3) is 4.28. The van der Waals surface area contributed by atoms with Crippen molar-refractivity contribution < 1.29 is 14.6 Å². The van der Waals surface area contributed by atoms with Gasteiger partial charge in [-0.2, -0.15) is 0 Å². The Morgan fingerprint density at radius 1 is 1.12 bits per heavy atom. The number of phenols is 1. The minimum atomic E-state index is -0.245. The lowest BCUT2D eigenvalue weighted by Crippen LogP contribution is -1.88. The monoisotopic (exact) mass is 383 g/mol. The molecule has 4 rings (SSSR count). The first-order chi connectivity index (χ1) is 12.6. The first-order valence-corrected chi connectivity index (χ1v) is 9.55. The van der Waals surface area contributed by atoms with Gasteiger partial charge in [-0.3, -0.25) is 4.79 Å². The first kappa shape index (κ1) is 18.1. The summed E-state index contributed by atoms with van der Waals surface area (Å²) in [4.78, 5) is 15.5. The van der Waals surface area contributed by atoms with Crippen LogP contribution < -0.4 is 0 Å². The predicted molar refractivity (Wildman–Crippen MR) is 108 cm³/mol. The lowest BCUT2D eigenvalue weighted by atomic mass is 10.2. The van der Waals surface area contributed by atoms with Crippen LogP contribution in [-0.4, -0.2) is 23.2 Å². The molecule has 0 amide bonds. The second-order valence-corrected chi connectivity index (χ2v) is 7.37. The Bertz CT molecular complexity index is 986. The second kappa shape index (κ2) is 8.12. The average molecular weight is 383 g/mol.